The molecule has 2 aromatic heterocycles. The Morgan fingerprint density at radius 1 is 0.247 bits per heavy atom. The minimum absolute atomic E-state index is 0.115. The number of aromatic nitrogens is 2. The van der Waals surface area contributed by atoms with Crippen molar-refractivity contribution in [2.24, 2.45) is 0 Å². The molecule has 0 fully saturated rings. The van der Waals surface area contributed by atoms with Crippen LogP contribution in [0.5, 0.6) is 0 Å². The highest BCUT2D eigenvalue weighted by atomic mass is 15.2. The molecular formula is C72H47BN4. The quantitative estimate of drug-likeness (QED) is 0.148. The van der Waals surface area contributed by atoms with Crippen molar-refractivity contribution in [3.63, 3.8) is 0 Å². The van der Waals surface area contributed by atoms with E-state index in [-0.39, 0.29) is 6.71 Å². The number of anilines is 6. The number of benzene rings is 12. The number of hydrogen-bond acceptors (Lipinski definition) is 2. The van der Waals surface area contributed by atoms with Gasteiger partial charge in [0, 0.05) is 67.0 Å². The van der Waals surface area contributed by atoms with Crippen molar-refractivity contribution < 1.29 is 0 Å². The van der Waals surface area contributed by atoms with Gasteiger partial charge in [-0.2, -0.15) is 0 Å². The zero-order valence-corrected chi connectivity index (χ0v) is 42.0. The third-order valence-corrected chi connectivity index (χ3v) is 16.3. The smallest absolute Gasteiger partial charge is 0.252 e. The van der Waals surface area contributed by atoms with E-state index < -0.39 is 0 Å². The molecule has 5 heteroatoms. The number of fused-ring (bicyclic) bond motifs is 10. The molecule has 0 spiro atoms. The van der Waals surface area contributed by atoms with Crippen molar-refractivity contribution in [1.82, 2.24) is 9.13 Å². The summed E-state index contributed by atoms with van der Waals surface area (Å²) in [6.45, 7) is -0.115. The van der Waals surface area contributed by atoms with Crippen LogP contribution in [0.4, 0.5) is 34.1 Å². The topological polar surface area (TPSA) is 16.3 Å². The molecule has 0 bridgehead atoms. The lowest BCUT2D eigenvalue weighted by molar-refractivity contribution is 1.17. The maximum Gasteiger partial charge on any atom is 0.252 e. The monoisotopic (exact) mass is 978 g/mol. The van der Waals surface area contributed by atoms with Crippen LogP contribution in [0, 0.1) is 0 Å². The molecule has 0 radical (unpaired) electrons. The second-order valence-electron chi connectivity index (χ2n) is 20.4. The third kappa shape index (κ3) is 6.60. The van der Waals surface area contributed by atoms with Crippen LogP contribution in [0.25, 0.3) is 88.4 Å². The average Bonchev–Trinajstić information content (AvgIpc) is 4.20. The lowest BCUT2D eigenvalue weighted by Crippen LogP contribution is -2.61. The van der Waals surface area contributed by atoms with Crippen LogP contribution in [0.1, 0.15) is 0 Å². The largest absolute Gasteiger partial charge is 0.311 e. The first-order valence-electron chi connectivity index (χ1n) is 26.6. The molecule has 358 valence electrons. The van der Waals surface area contributed by atoms with Crippen molar-refractivity contribution >= 4 is 101 Å². The minimum Gasteiger partial charge on any atom is -0.311 e. The van der Waals surface area contributed by atoms with Crippen molar-refractivity contribution in [1.29, 1.82) is 0 Å². The van der Waals surface area contributed by atoms with E-state index in [9.17, 15) is 0 Å². The second kappa shape index (κ2) is 17.2. The minimum atomic E-state index is -0.115. The third-order valence-electron chi connectivity index (χ3n) is 16.3. The van der Waals surface area contributed by atoms with Gasteiger partial charge in [0.05, 0.1) is 22.1 Å². The predicted octanol–water partition coefficient (Wildman–Crippen LogP) is 17.0. The van der Waals surface area contributed by atoms with Crippen molar-refractivity contribution in [2.45, 2.75) is 0 Å². The molecule has 0 amide bonds. The summed E-state index contributed by atoms with van der Waals surface area (Å²) in [4.78, 5) is 5.11. The van der Waals surface area contributed by atoms with Crippen LogP contribution in [-0.2, 0) is 0 Å². The van der Waals surface area contributed by atoms with E-state index in [4.69, 9.17) is 0 Å². The Kier molecular flexibility index (Phi) is 9.70. The number of nitrogens with zero attached hydrogens (tertiary/aromatic N) is 4. The number of para-hydroxylation sites is 6. The first-order valence-corrected chi connectivity index (χ1v) is 26.6. The normalized spacial score (nSPS) is 12.6. The molecule has 0 N–H and O–H groups in total. The van der Waals surface area contributed by atoms with Gasteiger partial charge in [-0.25, -0.2) is 0 Å². The zero-order valence-electron chi connectivity index (χ0n) is 42.0. The Morgan fingerprint density at radius 3 is 0.987 bits per heavy atom. The van der Waals surface area contributed by atoms with E-state index in [0.29, 0.717) is 0 Å². The molecule has 2 aliphatic rings. The summed E-state index contributed by atoms with van der Waals surface area (Å²) in [6, 6.07) is 105. The summed E-state index contributed by atoms with van der Waals surface area (Å²) < 4.78 is 4.91. The molecule has 2 aliphatic heterocycles. The molecule has 4 heterocycles. The molecule has 0 saturated carbocycles. The summed E-state index contributed by atoms with van der Waals surface area (Å²) in [6.07, 6.45) is 0. The fourth-order valence-electron chi connectivity index (χ4n) is 13.1. The van der Waals surface area contributed by atoms with Gasteiger partial charge in [0.1, 0.15) is 0 Å². The Hall–Kier alpha value is -10.1. The van der Waals surface area contributed by atoms with Crippen LogP contribution in [0.2, 0.25) is 0 Å². The molecule has 0 aliphatic carbocycles. The molecule has 0 saturated heterocycles. The fraction of sp³-hybridized carbons (Fsp3) is 0. The number of hydrogen-bond donors (Lipinski definition) is 0. The maximum absolute atomic E-state index is 2.56. The van der Waals surface area contributed by atoms with Gasteiger partial charge in [-0.05, 0) is 135 Å². The molecule has 0 atom stereocenters. The molecule has 0 unspecified atom stereocenters. The number of rotatable bonds is 7. The standard InChI is InChI=1S/C72H47BN4/c1-5-22-48(23-6-1)55-34-21-35-56(49-24-7-2-8-25-49)71(55)50-44-69-72-70(45-50)75(52-28-11-4-12-29-52)68-47-54(77-65-38-19-15-32-59(65)60-33-16-20-39-66(60)77)41-43-62(68)73(72)61-42-40-53(46-67(61)74(69)51-26-9-3-10-27-51)76-63-36-17-13-30-57(63)58-31-14-18-37-64(58)76/h1-47H. The lowest BCUT2D eigenvalue weighted by atomic mass is 9.33. The van der Waals surface area contributed by atoms with Gasteiger partial charge in [0.25, 0.3) is 6.71 Å². The van der Waals surface area contributed by atoms with Crippen LogP contribution < -0.4 is 26.2 Å². The molecular weight excluding hydrogens is 932 g/mol. The Morgan fingerprint density at radius 2 is 0.597 bits per heavy atom. The Balaban J connectivity index is 1.04. The molecule has 4 nitrogen and oxygen atoms in total. The highest BCUT2D eigenvalue weighted by Gasteiger charge is 2.44. The van der Waals surface area contributed by atoms with E-state index in [1.807, 2.05) is 0 Å². The SMILES string of the molecule is c1ccc(-c2cccc(-c3ccccc3)c2-c2cc3c4c(c2)N(c2ccccc2)c2cc(-n5c6ccccc6c6ccccc65)ccc2B4c2ccc(-n4c5ccccc5c5ccccc54)cc2N3c2ccccc2)cc1. The summed E-state index contributed by atoms with van der Waals surface area (Å²) in [7, 11) is 0. The lowest BCUT2D eigenvalue weighted by Gasteiger charge is -2.44. The fourth-order valence-corrected chi connectivity index (χ4v) is 13.1. The van der Waals surface area contributed by atoms with E-state index in [1.165, 1.54) is 87.8 Å². The molecule has 12 aromatic carbocycles. The van der Waals surface area contributed by atoms with Crippen molar-refractivity contribution in [3.8, 4) is 44.8 Å². The van der Waals surface area contributed by atoms with E-state index in [1.54, 1.807) is 0 Å². The van der Waals surface area contributed by atoms with E-state index >= 15 is 0 Å². The first kappa shape index (κ1) is 43.3. The average molecular weight is 979 g/mol. The first-order chi connectivity index (χ1) is 38.2. The van der Waals surface area contributed by atoms with E-state index in [2.05, 4.69) is 304 Å². The summed E-state index contributed by atoms with van der Waals surface area (Å²) in [5.74, 6) is 0. The summed E-state index contributed by atoms with van der Waals surface area (Å²) in [5.41, 5.74) is 24.6. The summed E-state index contributed by atoms with van der Waals surface area (Å²) in [5, 5.41) is 4.97. The Bertz CT molecular complexity index is 4240. The summed E-state index contributed by atoms with van der Waals surface area (Å²) >= 11 is 0. The van der Waals surface area contributed by atoms with Gasteiger partial charge in [0.15, 0.2) is 0 Å². The highest BCUT2D eigenvalue weighted by Crippen LogP contribution is 2.50. The van der Waals surface area contributed by atoms with E-state index in [0.717, 1.165) is 51.1 Å². The zero-order chi connectivity index (χ0) is 50.6. The molecule has 77 heavy (non-hydrogen) atoms. The highest BCUT2D eigenvalue weighted by molar-refractivity contribution is 7.00. The predicted molar refractivity (Wildman–Crippen MR) is 325 cm³/mol. The maximum atomic E-state index is 2.56. The molecule has 14 aromatic rings. The van der Waals surface area contributed by atoms with Crippen molar-refractivity contribution in [2.75, 3.05) is 9.80 Å². The van der Waals surface area contributed by atoms with Crippen molar-refractivity contribution in [3.05, 3.63) is 285 Å². The second-order valence-corrected chi connectivity index (χ2v) is 20.4. The van der Waals surface area contributed by atoms with Gasteiger partial charge < -0.3 is 18.9 Å². The van der Waals surface area contributed by atoms with Gasteiger partial charge in [-0.3, -0.25) is 0 Å². The van der Waals surface area contributed by atoms with Crippen LogP contribution in [0.3, 0.4) is 0 Å². The van der Waals surface area contributed by atoms with Gasteiger partial charge in [0.2, 0.25) is 0 Å². The van der Waals surface area contributed by atoms with Crippen LogP contribution in [-0.4, -0.2) is 15.8 Å². The Labute approximate surface area is 447 Å². The van der Waals surface area contributed by atoms with Crippen LogP contribution in [0.15, 0.2) is 285 Å². The van der Waals surface area contributed by atoms with Gasteiger partial charge in [-0.15, -0.1) is 0 Å². The van der Waals surface area contributed by atoms with Gasteiger partial charge >= 0.3 is 0 Å². The van der Waals surface area contributed by atoms with Gasteiger partial charge in [-0.1, -0.05) is 200 Å². The molecule has 16 rings (SSSR count). The van der Waals surface area contributed by atoms with Crippen LogP contribution >= 0.6 is 0 Å².